The first-order valence-corrected chi connectivity index (χ1v) is 6.59. The zero-order valence-corrected chi connectivity index (χ0v) is 12.1. The number of amides is 1. The normalized spacial score (nSPS) is 13.2. The summed E-state index contributed by atoms with van der Waals surface area (Å²) in [7, 11) is 1.26. The number of esters is 1. The molecule has 0 aliphatic heterocycles. The SMILES string of the molecule is CCOC(=O)C(C)(CCc1ccccc1)NC(=O)OC. The molecule has 0 spiro atoms. The number of nitrogens with one attached hydrogen (secondary N) is 1. The first-order chi connectivity index (χ1) is 9.51. The van der Waals surface area contributed by atoms with Gasteiger partial charge in [0.2, 0.25) is 0 Å². The molecule has 5 heteroatoms. The van der Waals surface area contributed by atoms with Gasteiger partial charge in [-0.05, 0) is 32.3 Å². The van der Waals surface area contributed by atoms with Crippen LogP contribution in [-0.2, 0) is 20.7 Å². The number of carbonyl (C=O) groups excluding carboxylic acids is 2. The minimum atomic E-state index is -1.10. The van der Waals surface area contributed by atoms with E-state index < -0.39 is 17.6 Å². The van der Waals surface area contributed by atoms with Crippen molar-refractivity contribution in [2.24, 2.45) is 0 Å². The van der Waals surface area contributed by atoms with E-state index in [-0.39, 0.29) is 6.61 Å². The number of ether oxygens (including phenoxy) is 2. The lowest BCUT2D eigenvalue weighted by atomic mass is 9.93. The Morgan fingerprint density at radius 2 is 1.90 bits per heavy atom. The number of hydrogen-bond donors (Lipinski definition) is 1. The average molecular weight is 279 g/mol. The monoisotopic (exact) mass is 279 g/mol. The quantitative estimate of drug-likeness (QED) is 0.811. The van der Waals surface area contributed by atoms with E-state index in [0.29, 0.717) is 12.8 Å². The van der Waals surface area contributed by atoms with Gasteiger partial charge >= 0.3 is 12.1 Å². The van der Waals surface area contributed by atoms with Gasteiger partial charge in [0.1, 0.15) is 5.54 Å². The van der Waals surface area contributed by atoms with E-state index in [9.17, 15) is 9.59 Å². The largest absolute Gasteiger partial charge is 0.464 e. The number of rotatable bonds is 6. The summed E-state index contributed by atoms with van der Waals surface area (Å²) in [6, 6.07) is 9.75. The predicted octanol–water partition coefficient (Wildman–Crippen LogP) is 2.30. The summed E-state index contributed by atoms with van der Waals surface area (Å²) in [5, 5.41) is 2.56. The van der Waals surface area contributed by atoms with Gasteiger partial charge < -0.3 is 14.8 Å². The number of aryl methyl sites for hydroxylation is 1. The van der Waals surface area contributed by atoms with Gasteiger partial charge in [0.05, 0.1) is 13.7 Å². The lowest BCUT2D eigenvalue weighted by molar-refractivity contribution is -0.150. The third kappa shape index (κ3) is 4.57. The molecule has 0 aliphatic carbocycles. The molecule has 0 aromatic heterocycles. The lowest BCUT2D eigenvalue weighted by Crippen LogP contribution is -2.53. The zero-order valence-electron chi connectivity index (χ0n) is 12.1. The van der Waals surface area contributed by atoms with Crippen LogP contribution in [0.5, 0.6) is 0 Å². The van der Waals surface area contributed by atoms with Gasteiger partial charge in [0, 0.05) is 0 Å². The van der Waals surface area contributed by atoms with Gasteiger partial charge in [-0.15, -0.1) is 0 Å². The van der Waals surface area contributed by atoms with Crippen LogP contribution in [0.3, 0.4) is 0 Å². The van der Waals surface area contributed by atoms with Crippen molar-refractivity contribution >= 4 is 12.1 Å². The van der Waals surface area contributed by atoms with Crippen LogP contribution in [0, 0.1) is 0 Å². The third-order valence-corrected chi connectivity index (χ3v) is 3.05. The van der Waals surface area contributed by atoms with Crippen LogP contribution >= 0.6 is 0 Å². The fourth-order valence-electron chi connectivity index (χ4n) is 1.82. The molecule has 1 N–H and O–H groups in total. The highest BCUT2D eigenvalue weighted by Gasteiger charge is 2.36. The van der Waals surface area contributed by atoms with E-state index in [0.717, 1.165) is 5.56 Å². The summed E-state index contributed by atoms with van der Waals surface area (Å²) < 4.78 is 9.60. The Kier molecular flexibility index (Phi) is 6.03. The van der Waals surface area contributed by atoms with Crippen LogP contribution in [0.2, 0.25) is 0 Å². The Morgan fingerprint density at radius 1 is 1.25 bits per heavy atom. The third-order valence-electron chi connectivity index (χ3n) is 3.05. The first-order valence-electron chi connectivity index (χ1n) is 6.59. The van der Waals surface area contributed by atoms with E-state index in [1.807, 2.05) is 30.3 Å². The molecule has 0 heterocycles. The van der Waals surface area contributed by atoms with E-state index in [4.69, 9.17) is 4.74 Å². The molecular weight excluding hydrogens is 258 g/mol. The Hall–Kier alpha value is -2.04. The number of carbonyl (C=O) groups is 2. The Balaban J connectivity index is 2.76. The van der Waals surface area contributed by atoms with Gasteiger partial charge in [-0.25, -0.2) is 9.59 Å². The first kappa shape index (κ1) is 16.0. The molecule has 0 saturated carbocycles. The number of benzene rings is 1. The Bertz CT molecular complexity index is 446. The van der Waals surface area contributed by atoms with E-state index >= 15 is 0 Å². The fraction of sp³-hybridized carbons (Fsp3) is 0.467. The standard InChI is InChI=1S/C15H21NO4/c1-4-20-13(17)15(2,16-14(18)19-3)11-10-12-8-6-5-7-9-12/h5-9H,4,10-11H2,1-3H3,(H,16,18). The van der Waals surface area contributed by atoms with Crippen molar-refractivity contribution in [3.8, 4) is 0 Å². The Labute approximate surface area is 119 Å². The highest BCUT2D eigenvalue weighted by molar-refractivity contribution is 5.85. The molecule has 1 unspecified atom stereocenters. The minimum absolute atomic E-state index is 0.266. The molecule has 0 fully saturated rings. The second-order valence-corrected chi connectivity index (χ2v) is 4.65. The maximum absolute atomic E-state index is 12.0. The van der Waals surface area contributed by atoms with Crippen molar-refractivity contribution in [3.05, 3.63) is 35.9 Å². The van der Waals surface area contributed by atoms with Crippen LogP contribution in [0.4, 0.5) is 4.79 Å². The molecular formula is C15H21NO4. The molecule has 1 atom stereocenters. The molecule has 110 valence electrons. The van der Waals surface area contributed by atoms with Crippen LogP contribution in [-0.4, -0.2) is 31.3 Å². The molecule has 1 aromatic carbocycles. The van der Waals surface area contributed by atoms with Crippen LogP contribution in [0.25, 0.3) is 0 Å². The topological polar surface area (TPSA) is 64.6 Å². The van der Waals surface area contributed by atoms with Crippen LogP contribution in [0.1, 0.15) is 25.8 Å². The smallest absolute Gasteiger partial charge is 0.407 e. The van der Waals surface area contributed by atoms with Crippen molar-refractivity contribution in [3.63, 3.8) is 0 Å². The van der Waals surface area contributed by atoms with Gasteiger partial charge in [0.25, 0.3) is 0 Å². The summed E-state index contributed by atoms with van der Waals surface area (Å²) in [4.78, 5) is 23.5. The molecule has 0 radical (unpaired) electrons. The molecule has 5 nitrogen and oxygen atoms in total. The molecule has 0 saturated heterocycles. The van der Waals surface area contributed by atoms with Crippen LogP contribution < -0.4 is 5.32 Å². The van der Waals surface area contributed by atoms with Gasteiger partial charge in [0.15, 0.2) is 0 Å². The van der Waals surface area contributed by atoms with Crippen molar-refractivity contribution < 1.29 is 19.1 Å². The van der Waals surface area contributed by atoms with Gasteiger partial charge in [-0.3, -0.25) is 0 Å². The van der Waals surface area contributed by atoms with Gasteiger partial charge in [-0.2, -0.15) is 0 Å². The maximum atomic E-state index is 12.0. The highest BCUT2D eigenvalue weighted by Crippen LogP contribution is 2.17. The molecule has 0 aliphatic rings. The predicted molar refractivity (Wildman–Crippen MR) is 75.3 cm³/mol. The van der Waals surface area contributed by atoms with E-state index in [2.05, 4.69) is 10.1 Å². The molecule has 1 aromatic rings. The fourth-order valence-corrected chi connectivity index (χ4v) is 1.82. The maximum Gasteiger partial charge on any atom is 0.407 e. The molecule has 1 rings (SSSR count). The minimum Gasteiger partial charge on any atom is -0.464 e. The second-order valence-electron chi connectivity index (χ2n) is 4.65. The van der Waals surface area contributed by atoms with Crippen molar-refractivity contribution in [2.45, 2.75) is 32.2 Å². The molecule has 20 heavy (non-hydrogen) atoms. The number of hydrogen-bond acceptors (Lipinski definition) is 4. The molecule has 0 bridgehead atoms. The summed E-state index contributed by atoms with van der Waals surface area (Å²) in [5.74, 6) is -0.457. The highest BCUT2D eigenvalue weighted by atomic mass is 16.5. The van der Waals surface area contributed by atoms with Crippen molar-refractivity contribution in [1.82, 2.24) is 5.32 Å². The summed E-state index contributed by atoms with van der Waals surface area (Å²) in [6.07, 6.45) is 0.444. The van der Waals surface area contributed by atoms with Crippen molar-refractivity contribution in [1.29, 1.82) is 0 Å². The lowest BCUT2D eigenvalue weighted by Gasteiger charge is -2.27. The summed E-state index contributed by atoms with van der Waals surface area (Å²) in [6.45, 7) is 3.64. The summed E-state index contributed by atoms with van der Waals surface area (Å²) in [5.41, 5.74) is -0.00596. The number of alkyl carbamates (subject to hydrolysis) is 1. The average Bonchev–Trinajstić information content (AvgIpc) is 2.46. The Morgan fingerprint density at radius 3 is 2.45 bits per heavy atom. The second kappa shape index (κ2) is 7.53. The summed E-state index contributed by atoms with van der Waals surface area (Å²) >= 11 is 0. The molecule has 1 amide bonds. The van der Waals surface area contributed by atoms with Gasteiger partial charge in [-0.1, -0.05) is 30.3 Å². The van der Waals surface area contributed by atoms with E-state index in [1.165, 1.54) is 7.11 Å². The van der Waals surface area contributed by atoms with Crippen molar-refractivity contribution in [2.75, 3.05) is 13.7 Å². The zero-order chi connectivity index (χ0) is 15.0. The van der Waals surface area contributed by atoms with Crippen LogP contribution in [0.15, 0.2) is 30.3 Å². The van der Waals surface area contributed by atoms with E-state index in [1.54, 1.807) is 13.8 Å². The number of methoxy groups -OCH3 is 1.